The highest BCUT2D eigenvalue weighted by Crippen LogP contribution is 2.18. The smallest absolute Gasteiger partial charge is 0.0802 e. The molecule has 0 aromatic heterocycles. The molecule has 1 aromatic carbocycles. The van der Waals surface area contributed by atoms with Crippen molar-refractivity contribution in [3.8, 4) is 0 Å². The first-order valence-electron chi connectivity index (χ1n) is 8.31. The normalized spacial score (nSPS) is 20.4. The van der Waals surface area contributed by atoms with Crippen molar-refractivity contribution in [2.24, 2.45) is 0 Å². The predicted octanol–water partition coefficient (Wildman–Crippen LogP) is 2.83. The maximum atomic E-state index is 10.3. The highest BCUT2D eigenvalue weighted by molar-refractivity contribution is 5.23. The molecule has 1 saturated heterocycles. The number of piperazine rings is 1. The van der Waals surface area contributed by atoms with Gasteiger partial charge in [0.25, 0.3) is 0 Å². The number of aliphatic hydroxyl groups excluding tert-OH is 1. The molecule has 0 aliphatic carbocycles. The van der Waals surface area contributed by atoms with E-state index in [0.29, 0.717) is 6.04 Å². The number of rotatable bonds is 6. The summed E-state index contributed by atoms with van der Waals surface area (Å²) >= 11 is 0. The summed E-state index contributed by atoms with van der Waals surface area (Å²) in [6.45, 7) is 12.2. The van der Waals surface area contributed by atoms with Crippen LogP contribution in [0, 0.1) is 6.92 Å². The summed E-state index contributed by atoms with van der Waals surface area (Å²) < 4.78 is 0. The summed E-state index contributed by atoms with van der Waals surface area (Å²) in [7, 11) is 0. The minimum absolute atomic E-state index is 0.335. The van der Waals surface area contributed by atoms with Crippen molar-refractivity contribution < 1.29 is 5.11 Å². The molecule has 2 rings (SSSR count). The van der Waals surface area contributed by atoms with Gasteiger partial charge in [0.1, 0.15) is 0 Å². The second kappa shape index (κ2) is 7.92. The van der Waals surface area contributed by atoms with Gasteiger partial charge in [-0.15, -0.1) is 0 Å². The summed E-state index contributed by atoms with van der Waals surface area (Å²) in [5.74, 6) is 0. The number of aryl methyl sites for hydroxylation is 1. The van der Waals surface area contributed by atoms with Gasteiger partial charge in [-0.05, 0) is 32.3 Å². The van der Waals surface area contributed by atoms with E-state index in [0.717, 1.165) is 44.7 Å². The average molecular weight is 290 g/mol. The second-order valence-corrected chi connectivity index (χ2v) is 6.35. The van der Waals surface area contributed by atoms with Crippen LogP contribution in [-0.2, 0) is 0 Å². The van der Waals surface area contributed by atoms with Gasteiger partial charge in [-0.2, -0.15) is 0 Å². The first kappa shape index (κ1) is 16.5. The van der Waals surface area contributed by atoms with Gasteiger partial charge in [0.15, 0.2) is 0 Å². The van der Waals surface area contributed by atoms with E-state index in [9.17, 15) is 5.11 Å². The first-order chi connectivity index (χ1) is 10.1. The van der Waals surface area contributed by atoms with Crippen molar-refractivity contribution in [3.63, 3.8) is 0 Å². The molecule has 3 heteroatoms. The lowest BCUT2D eigenvalue weighted by atomic mass is 10.0. The molecule has 0 spiro atoms. The largest absolute Gasteiger partial charge is 0.388 e. The Balaban J connectivity index is 1.73. The van der Waals surface area contributed by atoms with Crippen LogP contribution in [-0.4, -0.2) is 53.7 Å². The highest BCUT2D eigenvalue weighted by Gasteiger charge is 2.20. The lowest BCUT2D eigenvalue weighted by molar-refractivity contribution is 0.0830. The molecular formula is C18H30N2O. The van der Waals surface area contributed by atoms with E-state index in [2.05, 4.69) is 42.7 Å². The Kier molecular flexibility index (Phi) is 6.22. The van der Waals surface area contributed by atoms with Crippen molar-refractivity contribution in [3.05, 3.63) is 35.4 Å². The van der Waals surface area contributed by atoms with Crippen molar-refractivity contribution in [1.29, 1.82) is 0 Å². The van der Waals surface area contributed by atoms with Crippen LogP contribution in [0.5, 0.6) is 0 Å². The predicted molar refractivity (Wildman–Crippen MR) is 88.5 cm³/mol. The van der Waals surface area contributed by atoms with Crippen LogP contribution in [0.1, 0.15) is 43.9 Å². The molecule has 0 radical (unpaired) electrons. The Labute approximate surface area is 129 Å². The Bertz CT molecular complexity index is 410. The van der Waals surface area contributed by atoms with Crippen LogP contribution in [0.3, 0.4) is 0 Å². The first-order valence-corrected chi connectivity index (χ1v) is 8.31. The molecule has 1 aliphatic rings. The molecule has 1 aromatic rings. The van der Waals surface area contributed by atoms with E-state index in [1.165, 1.54) is 12.0 Å². The van der Waals surface area contributed by atoms with E-state index in [1.54, 1.807) is 0 Å². The number of nitrogens with zero attached hydrogens (tertiary/aromatic N) is 2. The lowest BCUT2D eigenvalue weighted by Gasteiger charge is -2.38. The maximum absolute atomic E-state index is 10.3. The fourth-order valence-electron chi connectivity index (χ4n) is 2.95. The van der Waals surface area contributed by atoms with Crippen molar-refractivity contribution in [2.45, 2.75) is 45.8 Å². The second-order valence-electron chi connectivity index (χ2n) is 6.35. The van der Waals surface area contributed by atoms with Gasteiger partial charge in [0.2, 0.25) is 0 Å². The van der Waals surface area contributed by atoms with Crippen LogP contribution < -0.4 is 0 Å². The summed E-state index contributed by atoms with van der Waals surface area (Å²) in [6, 6.07) is 8.93. The van der Waals surface area contributed by atoms with E-state index < -0.39 is 0 Å². The summed E-state index contributed by atoms with van der Waals surface area (Å²) in [4.78, 5) is 5.06. The fourth-order valence-corrected chi connectivity index (χ4v) is 2.95. The van der Waals surface area contributed by atoms with Crippen LogP contribution in [0.2, 0.25) is 0 Å². The Morgan fingerprint density at radius 1 is 1.10 bits per heavy atom. The Morgan fingerprint density at radius 2 is 1.71 bits per heavy atom. The monoisotopic (exact) mass is 290 g/mol. The third kappa shape index (κ3) is 4.80. The molecule has 2 atom stereocenters. The molecule has 118 valence electrons. The zero-order valence-electron chi connectivity index (χ0n) is 13.8. The molecule has 1 N–H and O–H groups in total. The third-order valence-corrected chi connectivity index (χ3v) is 4.80. The number of benzene rings is 1. The molecule has 2 unspecified atom stereocenters. The minimum Gasteiger partial charge on any atom is -0.388 e. The molecule has 0 amide bonds. The standard InChI is InChI=1S/C18H30N2O/c1-4-16(3)20-13-11-19(12-14-20)10-9-18(21)17-7-5-15(2)6-8-17/h5-8,16,18,21H,4,9-14H2,1-3H3. The van der Waals surface area contributed by atoms with Gasteiger partial charge in [-0.25, -0.2) is 0 Å². The van der Waals surface area contributed by atoms with Crippen molar-refractivity contribution in [1.82, 2.24) is 9.80 Å². The van der Waals surface area contributed by atoms with Crippen LogP contribution in [0.4, 0.5) is 0 Å². The van der Waals surface area contributed by atoms with Gasteiger partial charge in [0.05, 0.1) is 6.10 Å². The van der Waals surface area contributed by atoms with Gasteiger partial charge >= 0.3 is 0 Å². The van der Waals surface area contributed by atoms with Crippen molar-refractivity contribution >= 4 is 0 Å². The molecule has 1 aliphatic heterocycles. The minimum atomic E-state index is -0.335. The third-order valence-electron chi connectivity index (χ3n) is 4.80. The van der Waals surface area contributed by atoms with Crippen LogP contribution >= 0.6 is 0 Å². The molecule has 0 bridgehead atoms. The van der Waals surface area contributed by atoms with Gasteiger partial charge in [0, 0.05) is 38.8 Å². The van der Waals surface area contributed by atoms with E-state index >= 15 is 0 Å². The highest BCUT2D eigenvalue weighted by atomic mass is 16.3. The van der Waals surface area contributed by atoms with Gasteiger partial charge in [-0.3, -0.25) is 4.90 Å². The molecule has 1 fully saturated rings. The topological polar surface area (TPSA) is 26.7 Å². The van der Waals surface area contributed by atoms with E-state index in [-0.39, 0.29) is 6.10 Å². The molecule has 3 nitrogen and oxygen atoms in total. The zero-order valence-corrected chi connectivity index (χ0v) is 13.8. The summed E-state index contributed by atoms with van der Waals surface area (Å²) in [6.07, 6.45) is 1.72. The number of aliphatic hydroxyl groups is 1. The number of hydrogen-bond acceptors (Lipinski definition) is 3. The fraction of sp³-hybridized carbons (Fsp3) is 0.667. The molecule has 1 heterocycles. The molecule has 21 heavy (non-hydrogen) atoms. The SMILES string of the molecule is CCC(C)N1CCN(CCC(O)c2ccc(C)cc2)CC1. The average Bonchev–Trinajstić information content (AvgIpc) is 2.53. The summed E-state index contributed by atoms with van der Waals surface area (Å²) in [5.41, 5.74) is 2.28. The van der Waals surface area contributed by atoms with Crippen LogP contribution in [0.15, 0.2) is 24.3 Å². The molecule has 0 saturated carbocycles. The number of hydrogen-bond donors (Lipinski definition) is 1. The van der Waals surface area contributed by atoms with Gasteiger partial charge in [-0.1, -0.05) is 36.8 Å². The van der Waals surface area contributed by atoms with E-state index in [4.69, 9.17) is 0 Å². The quantitative estimate of drug-likeness (QED) is 0.873. The Morgan fingerprint density at radius 3 is 2.29 bits per heavy atom. The maximum Gasteiger partial charge on any atom is 0.0802 e. The van der Waals surface area contributed by atoms with Crippen LogP contribution in [0.25, 0.3) is 0 Å². The Hall–Kier alpha value is -0.900. The lowest BCUT2D eigenvalue weighted by Crippen LogP contribution is -2.49. The van der Waals surface area contributed by atoms with Crippen molar-refractivity contribution in [2.75, 3.05) is 32.7 Å². The molecular weight excluding hydrogens is 260 g/mol. The summed E-state index contributed by atoms with van der Waals surface area (Å²) in [5, 5.41) is 10.3. The van der Waals surface area contributed by atoms with Gasteiger partial charge < -0.3 is 10.0 Å². The zero-order chi connectivity index (χ0) is 15.2. The van der Waals surface area contributed by atoms with E-state index in [1.807, 2.05) is 12.1 Å².